The lowest BCUT2D eigenvalue weighted by Gasteiger charge is -2.19. The van der Waals surface area contributed by atoms with Gasteiger partial charge in [0.2, 0.25) is 0 Å². The first kappa shape index (κ1) is 18.2. The van der Waals surface area contributed by atoms with Crippen molar-refractivity contribution in [2.75, 3.05) is 7.05 Å². The van der Waals surface area contributed by atoms with Crippen molar-refractivity contribution in [2.45, 2.75) is 30.8 Å². The Morgan fingerprint density at radius 3 is 2.80 bits per heavy atom. The van der Waals surface area contributed by atoms with Crippen molar-refractivity contribution < 1.29 is 14.3 Å². The van der Waals surface area contributed by atoms with Crippen LogP contribution < -0.4 is 9.47 Å². The zero-order chi connectivity index (χ0) is 18.2. The number of hydrogen-bond acceptors (Lipinski definition) is 4. The molecule has 1 aliphatic rings. The summed E-state index contributed by atoms with van der Waals surface area (Å²) in [5.41, 5.74) is 0.725. The van der Waals surface area contributed by atoms with Crippen LogP contribution in [0.25, 0.3) is 0 Å². The van der Waals surface area contributed by atoms with Crippen molar-refractivity contribution >= 4 is 41.2 Å². The molecular formula is C18H17Cl2NO3S. The van der Waals surface area contributed by atoms with E-state index in [2.05, 4.69) is 0 Å². The van der Waals surface area contributed by atoms with Gasteiger partial charge in [-0.1, -0.05) is 35.3 Å². The Bertz CT molecular complexity index is 826. The number of amides is 1. The van der Waals surface area contributed by atoms with Crippen LogP contribution in [0, 0.1) is 0 Å². The molecule has 2 aromatic carbocycles. The SMILES string of the molecule is CN(Sc1cc(Cl)ccc1Cl)C(=O)Oc1cccc2c1OC(C)(C)C2. The highest BCUT2D eigenvalue weighted by atomic mass is 35.5. The van der Waals surface area contributed by atoms with Crippen LogP contribution >= 0.6 is 35.1 Å². The summed E-state index contributed by atoms with van der Waals surface area (Å²) in [5, 5.41) is 1.06. The molecule has 0 atom stereocenters. The molecule has 0 saturated carbocycles. The molecule has 1 amide bonds. The van der Waals surface area contributed by atoms with Gasteiger partial charge in [0.25, 0.3) is 0 Å². The zero-order valence-electron chi connectivity index (χ0n) is 14.0. The second-order valence-electron chi connectivity index (χ2n) is 6.31. The Morgan fingerprint density at radius 1 is 1.28 bits per heavy atom. The normalized spacial score (nSPS) is 14.6. The minimum atomic E-state index is -0.525. The number of nitrogens with zero attached hydrogens (tertiary/aromatic N) is 1. The summed E-state index contributed by atoms with van der Waals surface area (Å²) in [6.07, 6.45) is 0.249. The summed E-state index contributed by atoms with van der Waals surface area (Å²) in [7, 11) is 1.61. The Morgan fingerprint density at radius 2 is 2.04 bits per heavy atom. The van der Waals surface area contributed by atoms with Crippen molar-refractivity contribution in [2.24, 2.45) is 0 Å². The molecule has 25 heavy (non-hydrogen) atoms. The van der Waals surface area contributed by atoms with Gasteiger partial charge in [-0.2, -0.15) is 0 Å². The lowest BCUT2D eigenvalue weighted by Crippen LogP contribution is -2.25. The summed E-state index contributed by atoms with van der Waals surface area (Å²) in [6, 6.07) is 10.6. The molecule has 0 bridgehead atoms. The maximum Gasteiger partial charge on any atom is 0.425 e. The maximum absolute atomic E-state index is 12.4. The van der Waals surface area contributed by atoms with Crippen LogP contribution in [-0.4, -0.2) is 23.0 Å². The van der Waals surface area contributed by atoms with Crippen molar-refractivity contribution in [3.8, 4) is 11.5 Å². The van der Waals surface area contributed by atoms with E-state index < -0.39 is 6.09 Å². The second-order valence-corrected chi connectivity index (χ2v) is 8.33. The number of para-hydroxylation sites is 1. The van der Waals surface area contributed by atoms with Crippen LogP contribution in [0.15, 0.2) is 41.3 Å². The van der Waals surface area contributed by atoms with Crippen LogP contribution in [0.4, 0.5) is 4.79 Å². The first-order valence-electron chi connectivity index (χ1n) is 7.65. The van der Waals surface area contributed by atoms with Crippen LogP contribution in [0.2, 0.25) is 10.0 Å². The van der Waals surface area contributed by atoms with E-state index in [9.17, 15) is 4.79 Å². The van der Waals surface area contributed by atoms with Crippen LogP contribution in [0.3, 0.4) is 0 Å². The van der Waals surface area contributed by atoms with Gasteiger partial charge in [0.1, 0.15) is 5.60 Å². The van der Waals surface area contributed by atoms with Crippen LogP contribution in [-0.2, 0) is 6.42 Å². The van der Waals surface area contributed by atoms with Gasteiger partial charge >= 0.3 is 6.09 Å². The minimum absolute atomic E-state index is 0.306. The van der Waals surface area contributed by atoms with Gasteiger partial charge in [0.15, 0.2) is 11.5 Å². The molecule has 4 nitrogen and oxygen atoms in total. The zero-order valence-corrected chi connectivity index (χ0v) is 16.3. The molecule has 0 radical (unpaired) electrons. The molecule has 0 spiro atoms. The first-order chi connectivity index (χ1) is 11.7. The van der Waals surface area contributed by atoms with Gasteiger partial charge in [-0.3, -0.25) is 0 Å². The fourth-order valence-corrected chi connectivity index (χ4v) is 3.76. The molecular weight excluding hydrogens is 381 g/mol. The molecule has 0 saturated heterocycles. The standard InChI is InChI=1S/C18H17Cl2NO3S/c1-18(2)10-11-5-4-6-14(16(11)24-18)23-17(22)21(3)25-15-9-12(19)7-8-13(15)20/h4-9H,10H2,1-3H3. The Balaban J connectivity index is 1.73. The molecule has 7 heteroatoms. The molecule has 132 valence electrons. The average Bonchev–Trinajstić information content (AvgIpc) is 2.86. The summed E-state index contributed by atoms with van der Waals surface area (Å²) < 4.78 is 12.8. The highest BCUT2D eigenvalue weighted by Gasteiger charge is 2.33. The Labute approximate surface area is 161 Å². The third-order valence-corrected chi connectivity index (χ3v) is 5.27. The quantitative estimate of drug-likeness (QED) is 0.609. The van der Waals surface area contributed by atoms with E-state index in [1.54, 1.807) is 31.3 Å². The predicted molar refractivity (Wildman–Crippen MR) is 101 cm³/mol. The molecule has 1 heterocycles. The number of fused-ring (bicyclic) bond motifs is 1. The molecule has 1 aliphatic heterocycles. The number of carbonyl (C=O) groups is 1. The largest absolute Gasteiger partial charge is 0.483 e. The van der Waals surface area contributed by atoms with E-state index >= 15 is 0 Å². The molecule has 3 rings (SSSR count). The Hall–Kier alpha value is -1.56. The van der Waals surface area contributed by atoms with Crippen LogP contribution in [0.5, 0.6) is 11.5 Å². The van der Waals surface area contributed by atoms with E-state index in [0.29, 0.717) is 26.4 Å². The van der Waals surface area contributed by atoms with Crippen molar-refractivity contribution in [3.05, 3.63) is 52.0 Å². The minimum Gasteiger partial charge on any atom is -0.483 e. The predicted octanol–water partition coefficient (Wildman–Crippen LogP) is 5.84. The van der Waals surface area contributed by atoms with Crippen molar-refractivity contribution in [1.82, 2.24) is 4.31 Å². The number of ether oxygens (including phenoxy) is 2. The molecule has 0 fully saturated rings. The molecule has 0 unspecified atom stereocenters. The highest BCUT2D eigenvalue weighted by molar-refractivity contribution is 7.97. The molecule has 2 aromatic rings. The fraction of sp³-hybridized carbons (Fsp3) is 0.278. The maximum atomic E-state index is 12.4. The smallest absolute Gasteiger partial charge is 0.425 e. The van der Waals surface area contributed by atoms with E-state index in [4.69, 9.17) is 32.7 Å². The van der Waals surface area contributed by atoms with Gasteiger partial charge in [-0.05, 0) is 50.1 Å². The summed E-state index contributed by atoms with van der Waals surface area (Å²) in [5.74, 6) is 1.04. The third kappa shape index (κ3) is 4.17. The number of benzene rings is 2. The van der Waals surface area contributed by atoms with E-state index in [0.717, 1.165) is 23.9 Å². The Kier molecular flexibility index (Phi) is 5.09. The molecule has 0 aliphatic carbocycles. The summed E-state index contributed by atoms with van der Waals surface area (Å²) >= 11 is 13.3. The van der Waals surface area contributed by atoms with E-state index in [1.807, 2.05) is 26.0 Å². The number of carbonyl (C=O) groups excluding carboxylic acids is 1. The lowest BCUT2D eigenvalue weighted by atomic mass is 10.0. The van der Waals surface area contributed by atoms with Crippen molar-refractivity contribution in [1.29, 1.82) is 0 Å². The fourth-order valence-electron chi connectivity index (χ4n) is 2.56. The van der Waals surface area contributed by atoms with E-state index in [1.165, 1.54) is 4.31 Å². The third-order valence-electron chi connectivity index (χ3n) is 3.64. The molecule has 0 N–H and O–H groups in total. The highest BCUT2D eigenvalue weighted by Crippen LogP contribution is 2.42. The summed E-state index contributed by atoms with van der Waals surface area (Å²) in [6.45, 7) is 4.00. The van der Waals surface area contributed by atoms with E-state index in [-0.39, 0.29) is 5.60 Å². The van der Waals surface area contributed by atoms with Gasteiger partial charge in [0, 0.05) is 29.0 Å². The molecule has 0 aromatic heterocycles. The lowest BCUT2D eigenvalue weighted by molar-refractivity contribution is 0.132. The average molecular weight is 398 g/mol. The van der Waals surface area contributed by atoms with Gasteiger partial charge < -0.3 is 9.47 Å². The van der Waals surface area contributed by atoms with Gasteiger partial charge in [0.05, 0.1) is 5.02 Å². The second kappa shape index (κ2) is 6.98. The summed E-state index contributed by atoms with van der Waals surface area (Å²) in [4.78, 5) is 13.1. The van der Waals surface area contributed by atoms with Gasteiger partial charge in [-0.15, -0.1) is 0 Å². The number of rotatable bonds is 3. The topological polar surface area (TPSA) is 38.8 Å². The van der Waals surface area contributed by atoms with Crippen LogP contribution in [0.1, 0.15) is 19.4 Å². The monoisotopic (exact) mass is 397 g/mol. The first-order valence-corrected chi connectivity index (χ1v) is 9.17. The van der Waals surface area contributed by atoms with Crippen molar-refractivity contribution in [3.63, 3.8) is 0 Å². The number of hydrogen-bond donors (Lipinski definition) is 0. The number of halogens is 2. The van der Waals surface area contributed by atoms with Gasteiger partial charge in [-0.25, -0.2) is 9.10 Å².